The van der Waals surface area contributed by atoms with Gasteiger partial charge in [0.05, 0.1) is 10.5 Å². The molecule has 0 unspecified atom stereocenters. The molecule has 2 aromatic rings. The van der Waals surface area contributed by atoms with Crippen molar-refractivity contribution in [3.05, 3.63) is 69.0 Å². The van der Waals surface area contributed by atoms with Crippen LogP contribution in [-0.4, -0.2) is 4.92 Å². The molecule has 21 heavy (non-hydrogen) atoms. The average Bonchev–Trinajstić information content (AvgIpc) is 2.46. The molecule has 2 rings (SSSR count). The van der Waals surface area contributed by atoms with Crippen molar-refractivity contribution < 1.29 is 14.1 Å². The normalized spacial score (nSPS) is 9.95. The molecule has 0 saturated carbocycles. The molecule has 0 atom stereocenters. The van der Waals surface area contributed by atoms with Crippen LogP contribution < -0.4 is 4.74 Å². The summed E-state index contributed by atoms with van der Waals surface area (Å²) in [6.45, 7) is 1.72. The van der Waals surface area contributed by atoms with E-state index in [9.17, 15) is 14.5 Å². The van der Waals surface area contributed by atoms with Crippen molar-refractivity contribution in [3.63, 3.8) is 0 Å². The average molecular weight is 286 g/mol. The standard InChI is InChI=1S/C15H11FN2O3/c1-10-12(3-2-4-15(10)18(19)20)9-21-13-6-5-11(8-17)14(16)7-13/h2-7H,9H2,1H3. The number of rotatable bonds is 4. The van der Waals surface area contributed by atoms with Crippen LogP contribution in [0.4, 0.5) is 10.1 Å². The molecule has 6 heteroatoms. The highest BCUT2D eigenvalue weighted by molar-refractivity contribution is 5.44. The number of nitro groups is 1. The SMILES string of the molecule is Cc1c(COc2ccc(C#N)c(F)c2)cccc1[N+](=O)[O-]. The molecule has 0 aliphatic carbocycles. The lowest BCUT2D eigenvalue weighted by Gasteiger charge is -2.09. The summed E-state index contributed by atoms with van der Waals surface area (Å²) in [5.41, 5.74) is 1.11. The van der Waals surface area contributed by atoms with Crippen LogP contribution in [0.15, 0.2) is 36.4 Å². The summed E-state index contributed by atoms with van der Waals surface area (Å²) in [5.74, 6) is -0.400. The molecule has 106 valence electrons. The Labute approximate surface area is 120 Å². The molecule has 0 aliphatic heterocycles. The van der Waals surface area contributed by atoms with Crippen LogP contribution in [0.5, 0.6) is 5.75 Å². The summed E-state index contributed by atoms with van der Waals surface area (Å²) in [4.78, 5) is 10.4. The first-order chi connectivity index (χ1) is 10.0. The van der Waals surface area contributed by atoms with E-state index in [-0.39, 0.29) is 23.6 Å². The highest BCUT2D eigenvalue weighted by atomic mass is 19.1. The summed E-state index contributed by atoms with van der Waals surface area (Å²) >= 11 is 0. The van der Waals surface area contributed by atoms with Crippen LogP contribution in [-0.2, 0) is 6.61 Å². The lowest BCUT2D eigenvalue weighted by molar-refractivity contribution is -0.385. The van der Waals surface area contributed by atoms with Crippen LogP contribution >= 0.6 is 0 Å². The van der Waals surface area contributed by atoms with Crippen molar-refractivity contribution in [2.45, 2.75) is 13.5 Å². The van der Waals surface area contributed by atoms with E-state index in [1.54, 1.807) is 25.1 Å². The predicted molar refractivity (Wildman–Crippen MR) is 73.3 cm³/mol. The van der Waals surface area contributed by atoms with Gasteiger partial charge in [-0.05, 0) is 24.6 Å². The smallest absolute Gasteiger partial charge is 0.272 e. The Kier molecular flexibility index (Phi) is 4.14. The Bertz CT molecular complexity index is 738. The number of hydrogen-bond donors (Lipinski definition) is 0. The molecule has 0 radical (unpaired) electrons. The largest absolute Gasteiger partial charge is 0.489 e. The van der Waals surface area contributed by atoms with Crippen molar-refractivity contribution in [3.8, 4) is 11.8 Å². The minimum Gasteiger partial charge on any atom is -0.489 e. The van der Waals surface area contributed by atoms with Crippen molar-refractivity contribution in [1.82, 2.24) is 0 Å². The number of nitrogens with zero attached hydrogens (tertiary/aromatic N) is 2. The summed E-state index contributed by atoms with van der Waals surface area (Å²) in [5, 5.41) is 19.5. The number of hydrogen-bond acceptors (Lipinski definition) is 4. The molecule has 0 aliphatic rings. The molecule has 0 bridgehead atoms. The van der Waals surface area contributed by atoms with Crippen LogP contribution in [0, 0.1) is 34.2 Å². The van der Waals surface area contributed by atoms with Gasteiger partial charge < -0.3 is 4.74 Å². The molecular formula is C15H11FN2O3. The molecule has 0 aromatic heterocycles. The first kappa shape index (κ1) is 14.5. The zero-order valence-corrected chi connectivity index (χ0v) is 11.2. The molecule has 0 N–H and O–H groups in total. The molecule has 2 aromatic carbocycles. The number of halogens is 1. The zero-order valence-electron chi connectivity index (χ0n) is 11.2. The Morgan fingerprint density at radius 1 is 1.38 bits per heavy atom. The number of ether oxygens (including phenoxy) is 1. The summed E-state index contributed by atoms with van der Waals surface area (Å²) in [6, 6.07) is 10.3. The van der Waals surface area contributed by atoms with Crippen LogP contribution in [0.1, 0.15) is 16.7 Å². The van der Waals surface area contributed by atoms with E-state index in [1.807, 2.05) is 0 Å². The molecule has 0 saturated heterocycles. The summed E-state index contributed by atoms with van der Waals surface area (Å²) in [6.07, 6.45) is 0. The van der Waals surface area contributed by atoms with Crippen molar-refractivity contribution >= 4 is 5.69 Å². The monoisotopic (exact) mass is 286 g/mol. The lowest BCUT2D eigenvalue weighted by Crippen LogP contribution is -2.01. The summed E-state index contributed by atoms with van der Waals surface area (Å²) < 4.78 is 18.8. The Morgan fingerprint density at radius 3 is 2.76 bits per heavy atom. The minimum absolute atomic E-state index is 0.0158. The van der Waals surface area contributed by atoms with Gasteiger partial charge in [-0.2, -0.15) is 5.26 Å². The molecule has 0 heterocycles. The van der Waals surface area contributed by atoms with Gasteiger partial charge in [0.2, 0.25) is 0 Å². The molecule has 0 spiro atoms. The van der Waals surface area contributed by atoms with Gasteiger partial charge in [0.1, 0.15) is 24.2 Å². The first-order valence-electron chi connectivity index (χ1n) is 6.08. The topological polar surface area (TPSA) is 76.2 Å². The third-order valence-corrected chi connectivity index (χ3v) is 3.07. The van der Waals surface area contributed by atoms with Gasteiger partial charge in [-0.25, -0.2) is 4.39 Å². The predicted octanol–water partition coefficient (Wildman–Crippen LogP) is 3.49. The molecule has 0 fully saturated rings. The molecular weight excluding hydrogens is 275 g/mol. The van der Waals surface area contributed by atoms with Gasteiger partial charge in [0.15, 0.2) is 0 Å². The maximum Gasteiger partial charge on any atom is 0.272 e. The third kappa shape index (κ3) is 3.15. The van der Waals surface area contributed by atoms with Crippen LogP contribution in [0.2, 0.25) is 0 Å². The van der Waals surface area contributed by atoms with Crippen LogP contribution in [0.25, 0.3) is 0 Å². The summed E-state index contributed by atoms with van der Waals surface area (Å²) in [7, 11) is 0. The quantitative estimate of drug-likeness (QED) is 0.636. The maximum absolute atomic E-state index is 13.4. The van der Waals surface area contributed by atoms with Gasteiger partial charge >= 0.3 is 0 Å². The van der Waals surface area contributed by atoms with Crippen molar-refractivity contribution in [2.75, 3.05) is 0 Å². The number of nitro benzene ring substituents is 1. The molecule has 0 amide bonds. The maximum atomic E-state index is 13.4. The number of nitriles is 1. The van der Waals surface area contributed by atoms with E-state index in [1.165, 1.54) is 18.2 Å². The van der Waals surface area contributed by atoms with E-state index in [0.29, 0.717) is 11.1 Å². The number of benzene rings is 2. The van der Waals surface area contributed by atoms with E-state index in [2.05, 4.69) is 0 Å². The molecule has 5 nitrogen and oxygen atoms in total. The van der Waals surface area contributed by atoms with Gasteiger partial charge in [-0.1, -0.05) is 12.1 Å². The fourth-order valence-electron chi connectivity index (χ4n) is 1.86. The lowest BCUT2D eigenvalue weighted by atomic mass is 10.1. The van der Waals surface area contributed by atoms with Gasteiger partial charge in [-0.3, -0.25) is 10.1 Å². The van der Waals surface area contributed by atoms with E-state index in [4.69, 9.17) is 10.00 Å². The third-order valence-electron chi connectivity index (χ3n) is 3.07. The fourth-order valence-corrected chi connectivity index (χ4v) is 1.86. The second kappa shape index (κ2) is 6.01. The minimum atomic E-state index is -0.661. The first-order valence-corrected chi connectivity index (χ1v) is 6.08. The Morgan fingerprint density at radius 2 is 2.14 bits per heavy atom. The Hall–Kier alpha value is -2.94. The van der Waals surface area contributed by atoms with E-state index >= 15 is 0 Å². The fraction of sp³-hybridized carbons (Fsp3) is 0.133. The van der Waals surface area contributed by atoms with E-state index in [0.717, 1.165) is 6.07 Å². The van der Waals surface area contributed by atoms with Gasteiger partial charge in [-0.15, -0.1) is 0 Å². The zero-order chi connectivity index (χ0) is 15.4. The van der Waals surface area contributed by atoms with Gasteiger partial charge in [0.25, 0.3) is 5.69 Å². The second-order valence-corrected chi connectivity index (χ2v) is 4.36. The van der Waals surface area contributed by atoms with E-state index < -0.39 is 10.7 Å². The highest BCUT2D eigenvalue weighted by Gasteiger charge is 2.13. The Balaban J connectivity index is 2.17. The van der Waals surface area contributed by atoms with Crippen LogP contribution in [0.3, 0.4) is 0 Å². The van der Waals surface area contributed by atoms with Crippen molar-refractivity contribution in [1.29, 1.82) is 5.26 Å². The van der Waals surface area contributed by atoms with Crippen molar-refractivity contribution in [2.24, 2.45) is 0 Å². The van der Waals surface area contributed by atoms with Gasteiger partial charge in [0, 0.05) is 17.7 Å². The second-order valence-electron chi connectivity index (χ2n) is 4.36. The highest BCUT2D eigenvalue weighted by Crippen LogP contribution is 2.23.